The van der Waals surface area contributed by atoms with E-state index in [0.717, 1.165) is 13.0 Å². The highest BCUT2D eigenvalue weighted by Crippen LogP contribution is 2.31. The fourth-order valence-electron chi connectivity index (χ4n) is 2.51. The second-order valence-corrected chi connectivity index (χ2v) is 5.67. The molecule has 3 N–H and O–H groups in total. The number of ether oxygens (including phenoxy) is 1. The number of aliphatic hydroxyl groups is 1. The van der Waals surface area contributed by atoms with Crippen LogP contribution < -0.4 is 10.6 Å². The summed E-state index contributed by atoms with van der Waals surface area (Å²) in [6.07, 6.45) is -0.00267. The van der Waals surface area contributed by atoms with Gasteiger partial charge in [-0.3, -0.25) is 0 Å². The normalized spacial score (nSPS) is 37.5. The molecule has 0 aromatic carbocycles. The minimum absolute atomic E-state index is 0.130. The van der Waals surface area contributed by atoms with Gasteiger partial charge in [0.05, 0.1) is 12.1 Å². The largest absolute Gasteiger partial charge is 0.444 e. The number of alkyl carbamates (subject to hydrolysis) is 1. The van der Waals surface area contributed by atoms with Crippen LogP contribution >= 0.6 is 0 Å². The summed E-state index contributed by atoms with van der Waals surface area (Å²) in [5, 5.41) is 15.9. The Bertz CT molecular complexity index is 285. The van der Waals surface area contributed by atoms with Gasteiger partial charge in [0, 0.05) is 12.6 Å². The number of rotatable bonds is 1. The first-order valence-electron chi connectivity index (χ1n) is 5.78. The van der Waals surface area contributed by atoms with E-state index in [0.29, 0.717) is 5.92 Å². The Labute approximate surface area is 95.5 Å². The molecule has 4 atom stereocenters. The van der Waals surface area contributed by atoms with E-state index in [1.165, 1.54) is 0 Å². The van der Waals surface area contributed by atoms with Gasteiger partial charge in [-0.25, -0.2) is 4.79 Å². The smallest absolute Gasteiger partial charge is 0.407 e. The van der Waals surface area contributed by atoms with E-state index in [2.05, 4.69) is 10.6 Å². The van der Waals surface area contributed by atoms with Crippen molar-refractivity contribution in [2.45, 2.75) is 51.0 Å². The van der Waals surface area contributed by atoms with Crippen molar-refractivity contribution in [3.63, 3.8) is 0 Å². The predicted molar refractivity (Wildman–Crippen MR) is 59.1 cm³/mol. The molecule has 0 spiro atoms. The van der Waals surface area contributed by atoms with E-state index >= 15 is 0 Å². The molecule has 2 aliphatic rings. The molecule has 5 heteroatoms. The zero-order valence-electron chi connectivity index (χ0n) is 9.99. The van der Waals surface area contributed by atoms with Crippen molar-refractivity contribution in [2.75, 3.05) is 6.54 Å². The summed E-state index contributed by atoms with van der Waals surface area (Å²) in [5.74, 6) is 0.326. The van der Waals surface area contributed by atoms with Crippen LogP contribution in [0.15, 0.2) is 0 Å². The third-order valence-corrected chi connectivity index (χ3v) is 3.17. The van der Waals surface area contributed by atoms with Crippen molar-refractivity contribution in [2.24, 2.45) is 5.92 Å². The molecular formula is C11H20N2O3. The van der Waals surface area contributed by atoms with Crippen LogP contribution in [0.25, 0.3) is 0 Å². The standard InChI is InChI=1S/C11H20N2O3/c1-11(2,3)16-10(15)13-8-6-4-7(9(8)14)12-5-6/h6-9,12,14H,4-5H2,1-3H3,(H,13,15)/t6-,7+,8+,9+/m1/s1. The lowest BCUT2D eigenvalue weighted by Crippen LogP contribution is -2.54. The van der Waals surface area contributed by atoms with Crippen molar-refractivity contribution in [1.82, 2.24) is 10.6 Å². The molecule has 2 rings (SSSR count). The van der Waals surface area contributed by atoms with Gasteiger partial charge in [0.25, 0.3) is 0 Å². The number of piperidine rings is 1. The predicted octanol–water partition coefficient (Wildman–Crippen LogP) is 0.232. The molecule has 2 bridgehead atoms. The molecule has 92 valence electrons. The molecule has 0 unspecified atom stereocenters. The number of aliphatic hydroxyl groups excluding tert-OH is 1. The number of hydrogen-bond acceptors (Lipinski definition) is 4. The summed E-state index contributed by atoms with van der Waals surface area (Å²) in [7, 11) is 0. The average molecular weight is 228 g/mol. The molecule has 2 fully saturated rings. The van der Waals surface area contributed by atoms with Crippen molar-refractivity contribution in [1.29, 1.82) is 0 Å². The lowest BCUT2D eigenvalue weighted by atomic mass is 10.0. The maximum Gasteiger partial charge on any atom is 0.407 e. The minimum atomic E-state index is -0.495. The van der Waals surface area contributed by atoms with Crippen LogP contribution in [-0.2, 0) is 4.74 Å². The number of hydrogen-bond donors (Lipinski definition) is 3. The molecule has 1 amide bonds. The van der Waals surface area contributed by atoms with Gasteiger partial charge in [-0.15, -0.1) is 0 Å². The van der Waals surface area contributed by atoms with Gasteiger partial charge in [0.1, 0.15) is 5.60 Å². The van der Waals surface area contributed by atoms with E-state index in [1.807, 2.05) is 20.8 Å². The van der Waals surface area contributed by atoms with Crippen LogP contribution in [0.2, 0.25) is 0 Å². The first kappa shape index (κ1) is 11.7. The van der Waals surface area contributed by atoms with Crippen LogP contribution in [0.3, 0.4) is 0 Å². The SMILES string of the molecule is CC(C)(C)OC(=O)N[C@H]1[C@H]2CN[C@@H](C2)[C@@H]1O. The van der Waals surface area contributed by atoms with Gasteiger partial charge in [-0.1, -0.05) is 0 Å². The lowest BCUT2D eigenvalue weighted by molar-refractivity contribution is 0.0377. The zero-order chi connectivity index (χ0) is 11.9. The van der Waals surface area contributed by atoms with E-state index in [4.69, 9.17) is 4.74 Å². The Morgan fingerprint density at radius 2 is 2.19 bits per heavy atom. The van der Waals surface area contributed by atoms with Crippen molar-refractivity contribution >= 4 is 6.09 Å². The van der Waals surface area contributed by atoms with Crippen LogP contribution in [0, 0.1) is 5.92 Å². The summed E-state index contributed by atoms with van der Waals surface area (Å²) in [5.41, 5.74) is -0.495. The van der Waals surface area contributed by atoms with Gasteiger partial charge < -0.3 is 20.5 Å². The summed E-state index contributed by atoms with van der Waals surface area (Å²) in [4.78, 5) is 11.6. The van der Waals surface area contributed by atoms with Crippen LogP contribution in [0.1, 0.15) is 27.2 Å². The lowest BCUT2D eigenvalue weighted by Gasteiger charge is -2.29. The van der Waals surface area contributed by atoms with E-state index in [-0.39, 0.29) is 12.1 Å². The second-order valence-electron chi connectivity index (χ2n) is 5.67. The van der Waals surface area contributed by atoms with Gasteiger partial charge >= 0.3 is 6.09 Å². The topological polar surface area (TPSA) is 70.6 Å². The summed E-state index contributed by atoms with van der Waals surface area (Å²) < 4.78 is 5.17. The molecule has 1 saturated carbocycles. The highest BCUT2D eigenvalue weighted by Gasteiger charge is 2.47. The fourth-order valence-corrected chi connectivity index (χ4v) is 2.51. The fraction of sp³-hybridized carbons (Fsp3) is 0.909. The number of carbonyl (C=O) groups excluding carboxylic acids is 1. The van der Waals surface area contributed by atoms with Gasteiger partial charge in [0.15, 0.2) is 0 Å². The monoisotopic (exact) mass is 228 g/mol. The Balaban J connectivity index is 1.88. The summed E-state index contributed by atoms with van der Waals surface area (Å²) in [6.45, 7) is 6.34. The molecule has 16 heavy (non-hydrogen) atoms. The number of fused-ring (bicyclic) bond motifs is 2. The van der Waals surface area contributed by atoms with E-state index in [1.54, 1.807) is 0 Å². The van der Waals surface area contributed by atoms with Crippen LogP contribution in [0.4, 0.5) is 4.79 Å². The molecule has 0 aromatic heterocycles. The molecule has 1 aliphatic carbocycles. The maximum absolute atomic E-state index is 11.6. The molecule has 0 radical (unpaired) electrons. The molecular weight excluding hydrogens is 208 g/mol. The molecule has 1 heterocycles. The van der Waals surface area contributed by atoms with Gasteiger partial charge in [-0.2, -0.15) is 0 Å². The minimum Gasteiger partial charge on any atom is -0.444 e. The van der Waals surface area contributed by atoms with Crippen molar-refractivity contribution < 1.29 is 14.6 Å². The number of carbonyl (C=O) groups is 1. The maximum atomic E-state index is 11.6. The molecule has 0 aromatic rings. The number of nitrogens with one attached hydrogen (secondary N) is 2. The van der Waals surface area contributed by atoms with Crippen LogP contribution in [-0.4, -0.2) is 41.5 Å². The second kappa shape index (κ2) is 3.89. The highest BCUT2D eigenvalue weighted by molar-refractivity contribution is 5.68. The third kappa shape index (κ3) is 2.30. The first-order valence-corrected chi connectivity index (χ1v) is 5.78. The number of amides is 1. The van der Waals surface area contributed by atoms with Crippen molar-refractivity contribution in [3.8, 4) is 0 Å². The molecule has 5 nitrogen and oxygen atoms in total. The Kier molecular flexibility index (Phi) is 2.84. The quantitative estimate of drug-likeness (QED) is 0.601. The van der Waals surface area contributed by atoms with E-state index < -0.39 is 17.8 Å². The Morgan fingerprint density at radius 3 is 2.69 bits per heavy atom. The third-order valence-electron chi connectivity index (χ3n) is 3.17. The molecule has 1 saturated heterocycles. The average Bonchev–Trinajstić information content (AvgIpc) is 2.66. The molecule has 1 aliphatic heterocycles. The first-order chi connectivity index (χ1) is 7.37. The zero-order valence-corrected chi connectivity index (χ0v) is 9.99. The van der Waals surface area contributed by atoms with Gasteiger partial charge in [-0.05, 0) is 33.1 Å². The van der Waals surface area contributed by atoms with E-state index in [9.17, 15) is 9.90 Å². The summed E-state index contributed by atoms with van der Waals surface area (Å²) >= 11 is 0. The van der Waals surface area contributed by atoms with Crippen molar-refractivity contribution in [3.05, 3.63) is 0 Å². The van der Waals surface area contributed by atoms with Gasteiger partial charge in [0.2, 0.25) is 0 Å². The Morgan fingerprint density at radius 1 is 1.50 bits per heavy atom. The highest BCUT2D eigenvalue weighted by atomic mass is 16.6. The summed E-state index contributed by atoms with van der Waals surface area (Å²) in [6, 6.07) is -0.0361. The van der Waals surface area contributed by atoms with Crippen LogP contribution in [0.5, 0.6) is 0 Å². The Hall–Kier alpha value is -0.810.